The standard InChI is InChI=1S/C18H20N4O3/c23-16(21-12-4-5-13-21)10-11-19-18(25)15-8-9-17(24)22(20-15)14-6-2-1-3-7-14/h1-3,6-9H,4-5,10-13H2,(H,19,25). The summed E-state index contributed by atoms with van der Waals surface area (Å²) in [6.45, 7) is 1.85. The largest absolute Gasteiger partial charge is 0.350 e. The zero-order valence-electron chi connectivity index (χ0n) is 13.9. The maximum absolute atomic E-state index is 12.2. The lowest BCUT2D eigenvalue weighted by Crippen LogP contribution is -2.33. The van der Waals surface area contributed by atoms with Crippen LogP contribution < -0.4 is 10.9 Å². The molecule has 7 nitrogen and oxygen atoms in total. The number of hydrogen-bond acceptors (Lipinski definition) is 4. The first-order valence-corrected chi connectivity index (χ1v) is 8.37. The van der Waals surface area contributed by atoms with Gasteiger partial charge in [0.1, 0.15) is 5.69 Å². The van der Waals surface area contributed by atoms with E-state index in [1.54, 1.807) is 24.3 Å². The van der Waals surface area contributed by atoms with Gasteiger partial charge in [0.15, 0.2) is 0 Å². The lowest BCUT2D eigenvalue weighted by molar-refractivity contribution is -0.129. The summed E-state index contributed by atoms with van der Waals surface area (Å²) in [7, 11) is 0. The summed E-state index contributed by atoms with van der Waals surface area (Å²) in [4.78, 5) is 38.0. The van der Waals surface area contributed by atoms with E-state index in [0.717, 1.165) is 25.9 Å². The van der Waals surface area contributed by atoms with Gasteiger partial charge in [-0.3, -0.25) is 14.4 Å². The number of nitrogens with one attached hydrogen (secondary N) is 1. The van der Waals surface area contributed by atoms with Crippen LogP contribution in [0.5, 0.6) is 0 Å². The predicted molar refractivity (Wildman–Crippen MR) is 92.6 cm³/mol. The SMILES string of the molecule is O=C(NCCC(=O)N1CCCC1)c1ccc(=O)n(-c2ccccc2)n1. The quantitative estimate of drug-likeness (QED) is 0.879. The van der Waals surface area contributed by atoms with Crippen LogP contribution in [0.2, 0.25) is 0 Å². The van der Waals surface area contributed by atoms with Crippen molar-refractivity contribution in [3.05, 3.63) is 58.5 Å². The van der Waals surface area contributed by atoms with Crippen molar-refractivity contribution in [3.63, 3.8) is 0 Å². The third kappa shape index (κ3) is 4.12. The Bertz CT molecular complexity index is 811. The highest BCUT2D eigenvalue weighted by Crippen LogP contribution is 2.08. The molecule has 7 heteroatoms. The summed E-state index contributed by atoms with van der Waals surface area (Å²) < 4.78 is 1.18. The number of hydrogen-bond donors (Lipinski definition) is 1. The average molecular weight is 340 g/mol. The third-order valence-corrected chi connectivity index (χ3v) is 4.12. The molecule has 1 fully saturated rings. The number of para-hydroxylation sites is 1. The molecule has 1 aliphatic heterocycles. The zero-order valence-corrected chi connectivity index (χ0v) is 13.9. The molecule has 3 rings (SSSR count). The molecule has 2 aromatic rings. The minimum absolute atomic E-state index is 0.0556. The van der Waals surface area contributed by atoms with Crippen molar-refractivity contribution in [2.24, 2.45) is 0 Å². The molecule has 0 aliphatic carbocycles. The first-order chi connectivity index (χ1) is 12.1. The maximum Gasteiger partial charge on any atom is 0.271 e. The number of nitrogens with zero attached hydrogens (tertiary/aromatic N) is 3. The second-order valence-corrected chi connectivity index (χ2v) is 5.90. The van der Waals surface area contributed by atoms with Gasteiger partial charge < -0.3 is 10.2 Å². The maximum atomic E-state index is 12.2. The van der Waals surface area contributed by atoms with E-state index in [0.29, 0.717) is 5.69 Å². The van der Waals surface area contributed by atoms with Gasteiger partial charge >= 0.3 is 0 Å². The number of carbonyl (C=O) groups excluding carboxylic acids is 2. The minimum Gasteiger partial charge on any atom is -0.350 e. The Hall–Kier alpha value is -2.96. The van der Waals surface area contributed by atoms with Crippen molar-refractivity contribution in [2.45, 2.75) is 19.3 Å². The van der Waals surface area contributed by atoms with Gasteiger partial charge in [0.25, 0.3) is 11.5 Å². The van der Waals surface area contributed by atoms with Gasteiger partial charge in [-0.15, -0.1) is 0 Å². The molecule has 2 heterocycles. The van der Waals surface area contributed by atoms with E-state index >= 15 is 0 Å². The molecule has 0 saturated carbocycles. The third-order valence-electron chi connectivity index (χ3n) is 4.12. The predicted octanol–water partition coefficient (Wildman–Crippen LogP) is 0.975. The summed E-state index contributed by atoms with van der Waals surface area (Å²) in [5.41, 5.74) is 0.412. The van der Waals surface area contributed by atoms with Gasteiger partial charge in [-0.05, 0) is 31.0 Å². The monoisotopic (exact) mass is 340 g/mol. The smallest absolute Gasteiger partial charge is 0.271 e. The molecule has 1 aromatic heterocycles. The van der Waals surface area contributed by atoms with E-state index in [1.165, 1.54) is 16.8 Å². The normalized spacial score (nSPS) is 13.7. The van der Waals surface area contributed by atoms with E-state index in [-0.39, 0.29) is 30.1 Å². The van der Waals surface area contributed by atoms with Crippen LogP contribution in [0, 0.1) is 0 Å². The fourth-order valence-electron chi connectivity index (χ4n) is 2.78. The summed E-state index contributed by atoms with van der Waals surface area (Å²) >= 11 is 0. The number of benzene rings is 1. The van der Waals surface area contributed by atoms with Crippen LogP contribution in [-0.4, -0.2) is 46.1 Å². The number of rotatable bonds is 5. The lowest BCUT2D eigenvalue weighted by Gasteiger charge is -2.15. The number of aromatic nitrogens is 2. The summed E-state index contributed by atoms with van der Waals surface area (Å²) in [5, 5.41) is 6.80. The Labute approximate surface area is 145 Å². The van der Waals surface area contributed by atoms with Crippen LogP contribution in [0.4, 0.5) is 0 Å². The van der Waals surface area contributed by atoms with Crippen molar-refractivity contribution in [3.8, 4) is 5.69 Å². The Balaban J connectivity index is 1.62. The molecule has 1 aliphatic rings. The van der Waals surface area contributed by atoms with E-state index < -0.39 is 5.91 Å². The highest BCUT2D eigenvalue weighted by molar-refractivity contribution is 5.92. The fraction of sp³-hybridized carbons (Fsp3) is 0.333. The molecular formula is C18H20N4O3. The van der Waals surface area contributed by atoms with Gasteiger partial charge in [0, 0.05) is 32.1 Å². The number of amides is 2. The average Bonchev–Trinajstić information content (AvgIpc) is 3.17. The molecule has 0 atom stereocenters. The molecule has 0 bridgehead atoms. The molecule has 0 spiro atoms. The Morgan fingerprint density at radius 2 is 1.76 bits per heavy atom. The van der Waals surface area contributed by atoms with Gasteiger partial charge in [0.05, 0.1) is 5.69 Å². The van der Waals surface area contributed by atoms with Crippen LogP contribution in [0.25, 0.3) is 5.69 Å². The molecule has 1 N–H and O–H groups in total. The Morgan fingerprint density at radius 3 is 2.48 bits per heavy atom. The topological polar surface area (TPSA) is 84.3 Å². The fourth-order valence-corrected chi connectivity index (χ4v) is 2.78. The second kappa shape index (κ2) is 7.74. The summed E-state index contributed by atoms with van der Waals surface area (Å²) in [6, 6.07) is 11.6. The highest BCUT2D eigenvalue weighted by atomic mass is 16.2. The molecule has 2 amide bonds. The second-order valence-electron chi connectivity index (χ2n) is 5.90. The highest BCUT2D eigenvalue weighted by Gasteiger charge is 2.18. The molecule has 1 aromatic carbocycles. The van der Waals surface area contributed by atoms with Crippen LogP contribution in [0.15, 0.2) is 47.3 Å². The Kier molecular flexibility index (Phi) is 5.23. The summed E-state index contributed by atoms with van der Waals surface area (Å²) in [5.74, 6) is -0.348. The molecule has 1 saturated heterocycles. The minimum atomic E-state index is -0.404. The van der Waals surface area contributed by atoms with Gasteiger partial charge in [0.2, 0.25) is 5.91 Å². The van der Waals surface area contributed by atoms with Crippen molar-refractivity contribution in [1.82, 2.24) is 20.0 Å². The van der Waals surface area contributed by atoms with E-state index in [2.05, 4.69) is 10.4 Å². The number of carbonyl (C=O) groups is 2. The van der Waals surface area contributed by atoms with Crippen molar-refractivity contribution < 1.29 is 9.59 Å². The molecule has 25 heavy (non-hydrogen) atoms. The van der Waals surface area contributed by atoms with Crippen molar-refractivity contribution >= 4 is 11.8 Å². The van der Waals surface area contributed by atoms with E-state index in [9.17, 15) is 14.4 Å². The van der Waals surface area contributed by atoms with Crippen LogP contribution in [0.3, 0.4) is 0 Å². The van der Waals surface area contributed by atoms with Crippen molar-refractivity contribution in [1.29, 1.82) is 0 Å². The van der Waals surface area contributed by atoms with Crippen LogP contribution >= 0.6 is 0 Å². The first-order valence-electron chi connectivity index (χ1n) is 8.37. The zero-order chi connectivity index (χ0) is 17.6. The Morgan fingerprint density at radius 1 is 1.04 bits per heavy atom. The van der Waals surface area contributed by atoms with Crippen LogP contribution in [-0.2, 0) is 4.79 Å². The molecule has 0 radical (unpaired) electrons. The van der Waals surface area contributed by atoms with Gasteiger partial charge in [-0.2, -0.15) is 9.78 Å². The number of likely N-dealkylation sites (tertiary alicyclic amines) is 1. The van der Waals surface area contributed by atoms with E-state index in [1.807, 2.05) is 11.0 Å². The van der Waals surface area contributed by atoms with Gasteiger partial charge in [-0.1, -0.05) is 18.2 Å². The lowest BCUT2D eigenvalue weighted by atomic mass is 10.3. The molecule has 0 unspecified atom stereocenters. The van der Waals surface area contributed by atoms with Crippen molar-refractivity contribution in [2.75, 3.05) is 19.6 Å². The van der Waals surface area contributed by atoms with Crippen LogP contribution in [0.1, 0.15) is 29.8 Å². The van der Waals surface area contributed by atoms with E-state index in [4.69, 9.17) is 0 Å². The first kappa shape index (κ1) is 16.9. The molecular weight excluding hydrogens is 320 g/mol. The summed E-state index contributed by atoms with van der Waals surface area (Å²) in [6.07, 6.45) is 2.36. The molecule has 130 valence electrons. The van der Waals surface area contributed by atoms with Gasteiger partial charge in [-0.25, -0.2) is 0 Å².